The zero-order chi connectivity index (χ0) is 43.3. The molecule has 1 unspecified atom stereocenters. The average Bonchev–Trinajstić information content (AvgIpc) is 3.72. The van der Waals surface area contributed by atoms with Gasteiger partial charge in [-0.3, -0.25) is 0 Å². The van der Waals surface area contributed by atoms with Crippen LogP contribution in [0.15, 0.2) is 218 Å². The van der Waals surface area contributed by atoms with Crippen LogP contribution in [-0.4, -0.2) is 19.5 Å². The van der Waals surface area contributed by atoms with Crippen LogP contribution in [0.2, 0.25) is 0 Å². The van der Waals surface area contributed by atoms with Gasteiger partial charge in [0.15, 0.2) is 17.5 Å². The van der Waals surface area contributed by atoms with Gasteiger partial charge in [-0.05, 0) is 73.8 Å². The molecule has 1 spiro atoms. The number of nitrogens with zero attached hydrogens (tertiary/aromatic N) is 4. The van der Waals surface area contributed by atoms with Gasteiger partial charge in [0.25, 0.3) is 0 Å². The summed E-state index contributed by atoms with van der Waals surface area (Å²) in [6.45, 7) is 4.75. The Morgan fingerprint density at radius 1 is 0.323 bits per heavy atom. The second-order valence-electron chi connectivity index (χ2n) is 17.9. The van der Waals surface area contributed by atoms with Gasteiger partial charge in [0, 0.05) is 32.9 Å². The van der Waals surface area contributed by atoms with Gasteiger partial charge in [-0.1, -0.05) is 214 Å². The molecule has 1 aliphatic heterocycles. The molecule has 0 saturated heterocycles. The van der Waals surface area contributed by atoms with Gasteiger partial charge in [0.1, 0.15) is 0 Å². The summed E-state index contributed by atoms with van der Waals surface area (Å²) in [6.07, 6.45) is 0. The van der Waals surface area contributed by atoms with Gasteiger partial charge in [-0.15, -0.1) is 0 Å². The van der Waals surface area contributed by atoms with Crippen molar-refractivity contribution in [1.29, 1.82) is 0 Å². The Morgan fingerprint density at radius 3 is 1.42 bits per heavy atom. The zero-order valence-corrected chi connectivity index (χ0v) is 36.1. The summed E-state index contributed by atoms with van der Waals surface area (Å²) >= 11 is 0. The van der Waals surface area contributed by atoms with E-state index in [2.05, 4.69) is 225 Å². The van der Waals surface area contributed by atoms with Crippen LogP contribution in [0, 0.1) is 0 Å². The maximum Gasteiger partial charge on any atom is 0.164 e. The molecule has 1 atom stereocenters. The summed E-state index contributed by atoms with van der Waals surface area (Å²) in [5.74, 6) is 1.90. The fourth-order valence-corrected chi connectivity index (χ4v) is 11.1. The van der Waals surface area contributed by atoms with Crippen molar-refractivity contribution < 1.29 is 0 Å². The number of para-hydroxylation sites is 3. The highest BCUT2D eigenvalue weighted by Crippen LogP contribution is 2.60. The van der Waals surface area contributed by atoms with Gasteiger partial charge >= 0.3 is 0 Å². The molecule has 2 aliphatic rings. The summed E-state index contributed by atoms with van der Waals surface area (Å²) < 4.78 is 2.50. The third-order valence-electron chi connectivity index (χ3n) is 14.1. The zero-order valence-electron chi connectivity index (χ0n) is 36.1. The van der Waals surface area contributed by atoms with E-state index in [-0.39, 0.29) is 5.41 Å². The number of rotatable bonds is 5. The third-order valence-corrected chi connectivity index (χ3v) is 14.1. The van der Waals surface area contributed by atoms with Crippen molar-refractivity contribution in [3.05, 3.63) is 252 Å². The number of fused-ring (bicyclic) bond motifs is 11. The summed E-state index contributed by atoms with van der Waals surface area (Å²) in [5, 5.41) is 2.52. The molecule has 4 heteroatoms. The molecule has 13 rings (SSSR count). The van der Waals surface area contributed by atoms with Gasteiger partial charge in [-0.25, -0.2) is 15.0 Å². The Bertz CT molecular complexity index is 3560. The number of hydrogen-bond acceptors (Lipinski definition) is 3. The van der Waals surface area contributed by atoms with Crippen LogP contribution in [0.5, 0.6) is 0 Å². The van der Waals surface area contributed by atoms with Crippen molar-refractivity contribution in [3.63, 3.8) is 0 Å². The van der Waals surface area contributed by atoms with E-state index in [9.17, 15) is 0 Å². The van der Waals surface area contributed by atoms with E-state index in [0.717, 1.165) is 27.8 Å². The second-order valence-corrected chi connectivity index (χ2v) is 17.9. The molecule has 0 N–H and O–H groups in total. The smallest absolute Gasteiger partial charge is 0.164 e. The molecule has 306 valence electrons. The molecule has 4 nitrogen and oxygen atoms in total. The third kappa shape index (κ3) is 5.47. The van der Waals surface area contributed by atoms with Crippen LogP contribution in [0.4, 0.5) is 0 Å². The SMILES string of the molecule is CC1(C)c2ccccc2C2(c3ccccc3-n3c4ccccc4c4cccc2c43)c2cc(-c3nc(-c4ccc(-c5ccccc5)cc4)nc(-c4ccc(-c5ccccc5)cc4)n3)ccc21. The minimum absolute atomic E-state index is 0.293. The monoisotopic (exact) mass is 830 g/mol. The van der Waals surface area contributed by atoms with E-state index in [1.165, 1.54) is 72.0 Å². The Morgan fingerprint density at radius 2 is 0.769 bits per heavy atom. The van der Waals surface area contributed by atoms with Crippen LogP contribution in [-0.2, 0) is 10.8 Å². The largest absolute Gasteiger partial charge is 0.309 e. The Hall–Kier alpha value is -8.21. The number of hydrogen-bond donors (Lipinski definition) is 0. The molecule has 3 heterocycles. The number of benzene rings is 9. The highest BCUT2D eigenvalue weighted by molar-refractivity contribution is 6.12. The molecule has 65 heavy (non-hydrogen) atoms. The van der Waals surface area contributed by atoms with Gasteiger partial charge in [0.05, 0.1) is 22.1 Å². The molecule has 11 aromatic rings. The topological polar surface area (TPSA) is 43.6 Å². The van der Waals surface area contributed by atoms with E-state index in [1.54, 1.807) is 0 Å². The maximum absolute atomic E-state index is 5.35. The predicted molar refractivity (Wildman–Crippen MR) is 265 cm³/mol. The van der Waals surface area contributed by atoms with Crippen LogP contribution < -0.4 is 0 Å². The standard InChI is InChI=1S/C61H42N4/c1-60(2)48-22-10-11-23-50(48)61(51-24-12-14-27-55(51)65-54-26-13-9-20-46(54)47-21-15-25-52(61)56(47)65)53-38-45(36-37-49(53)60)59-63-57(43-32-28-41(29-33-43)39-16-5-3-6-17-39)62-58(64-59)44-34-30-42(31-35-44)40-18-7-4-8-19-40/h3-38H,1-2H3. The fraction of sp³-hybridized carbons (Fsp3) is 0.0656. The van der Waals surface area contributed by atoms with Crippen molar-refractivity contribution in [1.82, 2.24) is 19.5 Å². The molecule has 0 bridgehead atoms. The molecule has 0 saturated carbocycles. The first-order valence-electron chi connectivity index (χ1n) is 22.4. The molecular weight excluding hydrogens is 789 g/mol. The van der Waals surface area contributed by atoms with Gasteiger partial charge in [0.2, 0.25) is 0 Å². The van der Waals surface area contributed by atoms with Gasteiger partial charge < -0.3 is 4.57 Å². The molecule has 0 amide bonds. The summed E-state index contributed by atoms with van der Waals surface area (Å²) in [4.78, 5) is 15.9. The summed E-state index contributed by atoms with van der Waals surface area (Å²) in [6, 6.07) is 79.0. The van der Waals surface area contributed by atoms with Crippen molar-refractivity contribution in [2.45, 2.75) is 24.7 Å². The van der Waals surface area contributed by atoms with E-state index in [1.807, 2.05) is 12.1 Å². The lowest BCUT2D eigenvalue weighted by molar-refractivity contribution is 0.556. The first-order chi connectivity index (χ1) is 32.0. The van der Waals surface area contributed by atoms with Crippen molar-refractivity contribution >= 4 is 21.8 Å². The molecule has 0 fully saturated rings. The van der Waals surface area contributed by atoms with Crippen LogP contribution in [0.3, 0.4) is 0 Å². The molecule has 2 aromatic heterocycles. The van der Waals surface area contributed by atoms with Crippen molar-refractivity contribution in [2.24, 2.45) is 0 Å². The lowest BCUT2D eigenvalue weighted by atomic mass is 9.53. The predicted octanol–water partition coefficient (Wildman–Crippen LogP) is 14.6. The molecule has 9 aromatic carbocycles. The molecule has 0 radical (unpaired) electrons. The van der Waals surface area contributed by atoms with E-state index >= 15 is 0 Å². The first kappa shape index (κ1) is 37.4. The maximum atomic E-state index is 5.35. The fourth-order valence-electron chi connectivity index (χ4n) is 11.1. The highest BCUT2D eigenvalue weighted by Gasteiger charge is 2.52. The Labute approximate surface area is 378 Å². The molecular formula is C61H42N4. The minimum Gasteiger partial charge on any atom is -0.309 e. The van der Waals surface area contributed by atoms with Crippen molar-refractivity contribution in [3.8, 4) is 62.1 Å². The van der Waals surface area contributed by atoms with Crippen LogP contribution >= 0.6 is 0 Å². The van der Waals surface area contributed by atoms with Crippen LogP contribution in [0.1, 0.15) is 47.2 Å². The quantitative estimate of drug-likeness (QED) is 0.174. The van der Waals surface area contributed by atoms with E-state index < -0.39 is 5.41 Å². The number of aromatic nitrogens is 4. The lowest BCUT2D eigenvalue weighted by Gasteiger charge is -2.50. The Balaban J connectivity index is 1.06. The molecule has 1 aliphatic carbocycles. The minimum atomic E-state index is -0.642. The first-order valence-corrected chi connectivity index (χ1v) is 22.4. The lowest BCUT2D eigenvalue weighted by Crippen LogP contribution is -2.44. The second kappa shape index (κ2) is 14.2. The van der Waals surface area contributed by atoms with Gasteiger partial charge in [-0.2, -0.15) is 0 Å². The average molecular weight is 831 g/mol. The highest BCUT2D eigenvalue weighted by atomic mass is 15.0. The summed E-state index contributed by atoms with van der Waals surface area (Å²) in [5.41, 5.74) is 17.9. The van der Waals surface area contributed by atoms with E-state index in [0.29, 0.717) is 17.5 Å². The summed E-state index contributed by atoms with van der Waals surface area (Å²) in [7, 11) is 0. The van der Waals surface area contributed by atoms with Crippen LogP contribution in [0.25, 0.3) is 83.9 Å². The van der Waals surface area contributed by atoms with Crippen molar-refractivity contribution in [2.75, 3.05) is 0 Å². The Kier molecular flexibility index (Phi) is 8.13. The van der Waals surface area contributed by atoms with E-state index in [4.69, 9.17) is 15.0 Å². The normalized spacial score (nSPS) is 15.4.